The monoisotopic (exact) mass is 475 g/mol. The number of imide groups is 1. The molecule has 9 nitrogen and oxygen atoms in total. The van der Waals surface area contributed by atoms with E-state index in [4.69, 9.17) is 0 Å². The maximum absolute atomic E-state index is 12.7. The van der Waals surface area contributed by atoms with Gasteiger partial charge in [0.25, 0.3) is 0 Å². The third-order valence-corrected chi connectivity index (χ3v) is 5.32. The van der Waals surface area contributed by atoms with Crippen molar-refractivity contribution >= 4 is 30.0 Å². The molecule has 0 aromatic carbocycles. The first-order valence-electron chi connectivity index (χ1n) is 12.5. The molecular weight excluding hydrogens is 434 g/mol. The number of amides is 3. The minimum Gasteiger partial charge on any atom is -0.338 e. The number of nitrogens with zero attached hydrogens (tertiary/aromatic N) is 4. The molecule has 0 bridgehead atoms. The van der Waals surface area contributed by atoms with Crippen LogP contribution in [0.1, 0.15) is 89.9 Å². The third-order valence-electron chi connectivity index (χ3n) is 5.32. The quantitative estimate of drug-likeness (QED) is 0.141. The van der Waals surface area contributed by atoms with Gasteiger partial charge in [0.2, 0.25) is 18.1 Å². The fourth-order valence-corrected chi connectivity index (χ4v) is 3.42. The molecule has 190 valence electrons. The van der Waals surface area contributed by atoms with Gasteiger partial charge in [0.1, 0.15) is 0 Å². The summed E-state index contributed by atoms with van der Waals surface area (Å²) in [5, 5.41) is 2.89. The van der Waals surface area contributed by atoms with E-state index in [-0.39, 0.29) is 11.9 Å². The molecule has 0 fully saturated rings. The third kappa shape index (κ3) is 19.8. The van der Waals surface area contributed by atoms with E-state index in [1.54, 1.807) is 0 Å². The lowest BCUT2D eigenvalue weighted by Crippen LogP contribution is -2.44. The number of unbranched alkanes of at least 4 members (excludes halogenated alkanes) is 10. The fraction of sp³-hybridized carbons (Fsp3) is 0.760. The molecule has 1 N–H and O–H groups in total. The van der Waals surface area contributed by atoms with Gasteiger partial charge in [-0.2, -0.15) is 0 Å². The van der Waals surface area contributed by atoms with Crippen LogP contribution in [0.2, 0.25) is 0 Å². The van der Waals surface area contributed by atoms with E-state index in [2.05, 4.69) is 32.7 Å². The number of aliphatic imine (C=N–C) groups is 3. The molecule has 0 radical (unpaired) electrons. The molecule has 0 aromatic rings. The Morgan fingerprint density at radius 3 is 1.76 bits per heavy atom. The van der Waals surface area contributed by atoms with Crippen LogP contribution in [0.15, 0.2) is 21.6 Å². The van der Waals surface area contributed by atoms with Crippen LogP contribution in [0.4, 0.5) is 4.79 Å². The number of isocyanates is 2. The number of nitrogens with one attached hydrogen (secondary N) is 1. The minimum absolute atomic E-state index is 0.143. The van der Waals surface area contributed by atoms with Crippen molar-refractivity contribution in [3.8, 4) is 0 Å². The van der Waals surface area contributed by atoms with Crippen LogP contribution in [0.3, 0.4) is 0 Å². The standard InChI is InChI=1S/C25H41N5O4/c1-2-26-17-11-6-7-14-20-29-25(34)30(21-15-9-8-13-19-28-23-32)24(33)16-10-4-3-5-12-18-27-22-31/h1,3-21H2,(H,29,34). The summed E-state index contributed by atoms with van der Waals surface area (Å²) < 4.78 is 0. The molecule has 0 rings (SSSR count). The Morgan fingerprint density at radius 1 is 0.676 bits per heavy atom. The van der Waals surface area contributed by atoms with E-state index >= 15 is 0 Å². The van der Waals surface area contributed by atoms with Crippen molar-refractivity contribution in [3.63, 3.8) is 0 Å². The van der Waals surface area contributed by atoms with Crippen molar-refractivity contribution < 1.29 is 19.2 Å². The number of urea groups is 1. The number of hydrogen-bond acceptors (Lipinski definition) is 7. The first-order chi connectivity index (χ1) is 16.7. The summed E-state index contributed by atoms with van der Waals surface area (Å²) in [6.07, 6.45) is 14.9. The maximum Gasteiger partial charge on any atom is 0.324 e. The summed E-state index contributed by atoms with van der Waals surface area (Å²) in [5.74, 6) is 2.37. The maximum atomic E-state index is 12.7. The van der Waals surface area contributed by atoms with E-state index in [1.165, 1.54) is 17.1 Å². The molecule has 0 saturated heterocycles. The van der Waals surface area contributed by atoms with Gasteiger partial charge in [-0.05, 0) is 51.0 Å². The molecule has 9 heteroatoms. The van der Waals surface area contributed by atoms with Crippen LogP contribution in [0.25, 0.3) is 0 Å². The van der Waals surface area contributed by atoms with Gasteiger partial charge in [-0.15, -0.1) is 0 Å². The van der Waals surface area contributed by atoms with Crippen molar-refractivity contribution in [1.82, 2.24) is 10.2 Å². The molecule has 0 atom stereocenters. The number of rotatable bonds is 22. The molecule has 0 aliphatic rings. The molecule has 0 heterocycles. The number of carbonyl (C=O) groups excluding carboxylic acids is 4. The second-order valence-corrected chi connectivity index (χ2v) is 8.11. The topological polar surface area (TPSA) is 121 Å². The van der Waals surface area contributed by atoms with Gasteiger partial charge in [0.05, 0.1) is 13.1 Å². The summed E-state index contributed by atoms with van der Waals surface area (Å²) in [7, 11) is 0. The molecule has 0 aliphatic heterocycles. The predicted molar refractivity (Wildman–Crippen MR) is 134 cm³/mol. The highest BCUT2D eigenvalue weighted by molar-refractivity contribution is 5.94. The zero-order valence-electron chi connectivity index (χ0n) is 20.6. The van der Waals surface area contributed by atoms with E-state index in [0.29, 0.717) is 32.6 Å². The second-order valence-electron chi connectivity index (χ2n) is 8.11. The van der Waals surface area contributed by atoms with Gasteiger partial charge >= 0.3 is 6.03 Å². The Bertz CT molecular complexity index is 649. The van der Waals surface area contributed by atoms with Crippen LogP contribution in [-0.4, -0.2) is 67.6 Å². The molecule has 34 heavy (non-hydrogen) atoms. The molecule has 0 aliphatic carbocycles. The molecule has 0 spiro atoms. The Balaban J connectivity index is 4.35. The van der Waals surface area contributed by atoms with Crippen molar-refractivity contribution in [2.75, 3.05) is 32.7 Å². The van der Waals surface area contributed by atoms with Gasteiger partial charge in [-0.3, -0.25) is 9.69 Å². The van der Waals surface area contributed by atoms with E-state index < -0.39 is 0 Å². The molecule has 0 unspecified atom stereocenters. The summed E-state index contributed by atoms with van der Waals surface area (Å²) in [6, 6.07) is -0.321. The zero-order valence-corrected chi connectivity index (χ0v) is 20.6. The van der Waals surface area contributed by atoms with Gasteiger partial charge in [-0.1, -0.05) is 44.9 Å². The Hall–Kier alpha value is -2.85. The smallest absolute Gasteiger partial charge is 0.324 e. The zero-order chi connectivity index (χ0) is 25.1. The SMILES string of the molecule is C=C=NCCCCCCNC(=O)N(CCCCCCN=C=O)C(=O)CCCCCCCN=C=O. The van der Waals surface area contributed by atoms with Crippen LogP contribution in [0.5, 0.6) is 0 Å². The number of hydrogen-bond donors (Lipinski definition) is 1. The molecule has 0 saturated carbocycles. The van der Waals surface area contributed by atoms with Crippen molar-refractivity contribution in [1.29, 1.82) is 0 Å². The molecular formula is C25H41N5O4. The van der Waals surface area contributed by atoms with Crippen LogP contribution < -0.4 is 5.32 Å². The van der Waals surface area contributed by atoms with Crippen molar-refractivity contribution in [2.45, 2.75) is 89.9 Å². The lowest BCUT2D eigenvalue weighted by atomic mass is 10.1. The highest BCUT2D eigenvalue weighted by Crippen LogP contribution is 2.10. The van der Waals surface area contributed by atoms with Gasteiger partial charge in [-0.25, -0.2) is 29.4 Å². The normalized spacial score (nSPS) is 9.88. The van der Waals surface area contributed by atoms with E-state index in [0.717, 1.165) is 90.0 Å². The molecule has 3 amide bonds. The highest BCUT2D eigenvalue weighted by Gasteiger charge is 2.20. The van der Waals surface area contributed by atoms with Gasteiger partial charge < -0.3 is 5.32 Å². The summed E-state index contributed by atoms with van der Waals surface area (Å²) >= 11 is 0. The lowest BCUT2D eigenvalue weighted by molar-refractivity contribution is -0.128. The number of carbonyl (C=O) groups is 2. The van der Waals surface area contributed by atoms with E-state index in [1.807, 2.05) is 0 Å². The largest absolute Gasteiger partial charge is 0.338 e. The predicted octanol–water partition coefficient (Wildman–Crippen LogP) is 4.51. The Morgan fingerprint density at radius 2 is 1.18 bits per heavy atom. The molecule has 0 aromatic heterocycles. The summed E-state index contributed by atoms with van der Waals surface area (Å²) in [4.78, 5) is 57.9. The fourth-order valence-electron chi connectivity index (χ4n) is 3.42. The van der Waals surface area contributed by atoms with Crippen molar-refractivity contribution in [2.24, 2.45) is 15.0 Å². The van der Waals surface area contributed by atoms with Gasteiger partial charge in [0, 0.05) is 26.1 Å². The summed E-state index contributed by atoms with van der Waals surface area (Å²) in [5.41, 5.74) is 0. The first kappa shape index (κ1) is 31.1. The first-order valence-corrected chi connectivity index (χ1v) is 12.5. The van der Waals surface area contributed by atoms with Gasteiger partial charge in [0.15, 0.2) is 0 Å². The average molecular weight is 476 g/mol. The average Bonchev–Trinajstić information content (AvgIpc) is 2.84. The Kier molecular flexibility index (Phi) is 22.7. The van der Waals surface area contributed by atoms with Crippen LogP contribution >= 0.6 is 0 Å². The summed E-state index contributed by atoms with van der Waals surface area (Å²) in [6.45, 7) is 6.07. The van der Waals surface area contributed by atoms with E-state index in [9.17, 15) is 19.2 Å². The lowest BCUT2D eigenvalue weighted by Gasteiger charge is -2.21. The van der Waals surface area contributed by atoms with Crippen molar-refractivity contribution in [3.05, 3.63) is 6.58 Å². The minimum atomic E-state index is -0.321. The Labute approximate surface area is 203 Å². The highest BCUT2D eigenvalue weighted by atomic mass is 16.2. The second kappa shape index (κ2) is 24.8. The van der Waals surface area contributed by atoms with Crippen LogP contribution in [0, 0.1) is 0 Å². The van der Waals surface area contributed by atoms with Crippen LogP contribution in [-0.2, 0) is 14.4 Å².